The predicted octanol–water partition coefficient (Wildman–Crippen LogP) is 3.83. The van der Waals surface area contributed by atoms with Crippen LogP contribution in [-0.4, -0.2) is 25.7 Å². The standard InChI is InChI=1S/C17H15ClF2N2O3/c18-11-7-15-16(25-5-1-4-24-15)8-13(11)21-9-17(23)22-14-6-10(19)2-3-12(14)20/h2-3,6-8,21H,1,4-5,9H2,(H,22,23). The molecule has 2 aromatic carbocycles. The van der Waals surface area contributed by atoms with E-state index in [-0.39, 0.29) is 12.2 Å². The fourth-order valence-electron chi connectivity index (χ4n) is 2.28. The molecular formula is C17H15ClF2N2O3. The average Bonchev–Trinajstić information content (AvgIpc) is 2.81. The summed E-state index contributed by atoms with van der Waals surface area (Å²) in [6.07, 6.45) is 0.761. The summed E-state index contributed by atoms with van der Waals surface area (Å²) in [5.74, 6) is -0.841. The summed E-state index contributed by atoms with van der Waals surface area (Å²) in [6.45, 7) is 0.875. The SMILES string of the molecule is O=C(CNc1cc2c(cc1Cl)OCCCO2)Nc1cc(F)ccc1F. The molecule has 0 fully saturated rings. The molecule has 2 N–H and O–H groups in total. The minimum absolute atomic E-state index is 0.185. The second-order valence-corrected chi connectivity index (χ2v) is 5.76. The number of nitrogens with one attached hydrogen (secondary N) is 2. The van der Waals surface area contributed by atoms with Crippen molar-refractivity contribution in [3.05, 3.63) is 47.0 Å². The lowest BCUT2D eigenvalue weighted by atomic mass is 10.2. The Hall–Kier alpha value is -2.54. The first-order valence-electron chi connectivity index (χ1n) is 7.61. The van der Waals surface area contributed by atoms with Crippen molar-refractivity contribution in [2.45, 2.75) is 6.42 Å². The van der Waals surface area contributed by atoms with Crippen LogP contribution in [0.5, 0.6) is 11.5 Å². The lowest BCUT2D eigenvalue weighted by molar-refractivity contribution is -0.114. The third kappa shape index (κ3) is 4.30. The molecule has 25 heavy (non-hydrogen) atoms. The molecule has 0 aromatic heterocycles. The van der Waals surface area contributed by atoms with Crippen LogP contribution in [0.15, 0.2) is 30.3 Å². The van der Waals surface area contributed by atoms with E-state index in [9.17, 15) is 13.6 Å². The Morgan fingerprint density at radius 2 is 1.80 bits per heavy atom. The number of rotatable bonds is 4. The van der Waals surface area contributed by atoms with Crippen molar-refractivity contribution in [2.75, 3.05) is 30.4 Å². The molecule has 1 aliphatic rings. The fourth-order valence-corrected chi connectivity index (χ4v) is 2.50. The maximum absolute atomic E-state index is 13.5. The van der Waals surface area contributed by atoms with E-state index in [1.165, 1.54) is 0 Å². The molecular weight excluding hydrogens is 354 g/mol. The molecule has 0 unspecified atom stereocenters. The molecule has 3 rings (SSSR count). The number of carbonyl (C=O) groups excluding carboxylic acids is 1. The Bertz CT molecular complexity index is 802. The highest BCUT2D eigenvalue weighted by Crippen LogP contribution is 2.37. The Labute approximate surface area is 147 Å². The van der Waals surface area contributed by atoms with Crippen molar-refractivity contribution in [2.24, 2.45) is 0 Å². The van der Waals surface area contributed by atoms with Gasteiger partial charge in [-0.25, -0.2) is 8.78 Å². The molecule has 0 atom stereocenters. The van der Waals surface area contributed by atoms with Crippen molar-refractivity contribution >= 4 is 28.9 Å². The van der Waals surface area contributed by atoms with Crippen LogP contribution >= 0.6 is 11.6 Å². The topological polar surface area (TPSA) is 59.6 Å². The van der Waals surface area contributed by atoms with Gasteiger partial charge in [-0.2, -0.15) is 0 Å². The first kappa shape index (κ1) is 17.3. The molecule has 2 aromatic rings. The zero-order valence-electron chi connectivity index (χ0n) is 13.1. The number of halogens is 3. The van der Waals surface area contributed by atoms with Crippen LogP contribution in [0.3, 0.4) is 0 Å². The third-order valence-electron chi connectivity index (χ3n) is 3.48. The average molecular weight is 369 g/mol. The van der Waals surface area contributed by atoms with Gasteiger partial charge in [-0.3, -0.25) is 4.79 Å². The van der Waals surface area contributed by atoms with E-state index in [1.54, 1.807) is 12.1 Å². The minimum Gasteiger partial charge on any atom is -0.490 e. The highest BCUT2D eigenvalue weighted by molar-refractivity contribution is 6.33. The maximum Gasteiger partial charge on any atom is 0.243 e. The van der Waals surface area contributed by atoms with Crippen LogP contribution in [0.25, 0.3) is 0 Å². The van der Waals surface area contributed by atoms with E-state index >= 15 is 0 Å². The molecule has 0 saturated carbocycles. The van der Waals surface area contributed by atoms with Crippen LogP contribution in [-0.2, 0) is 4.79 Å². The molecule has 132 valence electrons. The van der Waals surface area contributed by atoms with Crippen LogP contribution in [0.4, 0.5) is 20.2 Å². The molecule has 1 aliphatic heterocycles. The van der Waals surface area contributed by atoms with Gasteiger partial charge in [-0.15, -0.1) is 0 Å². The lowest BCUT2D eigenvalue weighted by Crippen LogP contribution is -2.22. The van der Waals surface area contributed by atoms with E-state index in [0.29, 0.717) is 35.4 Å². The molecule has 0 aliphatic carbocycles. The Morgan fingerprint density at radius 3 is 2.56 bits per heavy atom. The van der Waals surface area contributed by atoms with Crippen molar-refractivity contribution in [1.29, 1.82) is 0 Å². The molecule has 1 heterocycles. The summed E-state index contributed by atoms with van der Waals surface area (Å²) in [5, 5.41) is 5.49. The van der Waals surface area contributed by atoms with E-state index in [4.69, 9.17) is 21.1 Å². The predicted molar refractivity (Wildman–Crippen MR) is 90.5 cm³/mol. The smallest absolute Gasteiger partial charge is 0.243 e. The van der Waals surface area contributed by atoms with E-state index in [2.05, 4.69) is 10.6 Å². The highest BCUT2D eigenvalue weighted by Gasteiger charge is 2.15. The molecule has 5 nitrogen and oxygen atoms in total. The van der Waals surface area contributed by atoms with Gasteiger partial charge in [-0.1, -0.05) is 11.6 Å². The largest absolute Gasteiger partial charge is 0.490 e. The maximum atomic E-state index is 13.5. The van der Waals surface area contributed by atoms with E-state index < -0.39 is 17.5 Å². The van der Waals surface area contributed by atoms with Gasteiger partial charge in [0.25, 0.3) is 0 Å². The van der Waals surface area contributed by atoms with Gasteiger partial charge in [0, 0.05) is 24.6 Å². The van der Waals surface area contributed by atoms with Crippen LogP contribution in [0.1, 0.15) is 6.42 Å². The van der Waals surface area contributed by atoms with Crippen molar-refractivity contribution in [1.82, 2.24) is 0 Å². The van der Waals surface area contributed by atoms with Gasteiger partial charge < -0.3 is 20.1 Å². The fraction of sp³-hybridized carbons (Fsp3) is 0.235. The molecule has 0 spiro atoms. The second-order valence-electron chi connectivity index (χ2n) is 5.36. The first-order chi connectivity index (χ1) is 12.0. The molecule has 8 heteroatoms. The summed E-state index contributed by atoms with van der Waals surface area (Å²) in [4.78, 5) is 11.9. The van der Waals surface area contributed by atoms with E-state index in [0.717, 1.165) is 24.6 Å². The van der Waals surface area contributed by atoms with Gasteiger partial charge >= 0.3 is 0 Å². The zero-order valence-corrected chi connectivity index (χ0v) is 13.8. The van der Waals surface area contributed by atoms with Crippen LogP contribution in [0, 0.1) is 11.6 Å². The number of fused-ring (bicyclic) bond motifs is 1. The second kappa shape index (κ2) is 7.57. The third-order valence-corrected chi connectivity index (χ3v) is 3.79. The molecule has 0 radical (unpaired) electrons. The number of amides is 1. The lowest BCUT2D eigenvalue weighted by Gasteiger charge is -2.13. The molecule has 0 bridgehead atoms. The highest BCUT2D eigenvalue weighted by atomic mass is 35.5. The Morgan fingerprint density at radius 1 is 1.08 bits per heavy atom. The summed E-state index contributed by atoms with van der Waals surface area (Å²) in [6, 6.07) is 6.07. The van der Waals surface area contributed by atoms with Crippen LogP contribution in [0.2, 0.25) is 5.02 Å². The summed E-state index contributed by atoms with van der Waals surface area (Å²) >= 11 is 6.16. The van der Waals surface area contributed by atoms with Gasteiger partial charge in [0.2, 0.25) is 5.91 Å². The number of hydrogen-bond donors (Lipinski definition) is 2. The number of ether oxygens (including phenoxy) is 2. The summed E-state index contributed by atoms with van der Waals surface area (Å²) in [5.41, 5.74) is 0.248. The Balaban J connectivity index is 1.66. The van der Waals surface area contributed by atoms with Crippen molar-refractivity contribution in [3.8, 4) is 11.5 Å². The van der Waals surface area contributed by atoms with Gasteiger partial charge in [0.1, 0.15) is 11.6 Å². The van der Waals surface area contributed by atoms with Crippen molar-refractivity contribution < 1.29 is 23.0 Å². The number of anilines is 2. The Kier molecular flexibility index (Phi) is 5.23. The first-order valence-corrected chi connectivity index (χ1v) is 7.98. The zero-order chi connectivity index (χ0) is 17.8. The summed E-state index contributed by atoms with van der Waals surface area (Å²) < 4.78 is 37.7. The monoisotopic (exact) mass is 368 g/mol. The van der Waals surface area contributed by atoms with Crippen LogP contribution < -0.4 is 20.1 Å². The van der Waals surface area contributed by atoms with Gasteiger partial charge in [-0.05, 0) is 12.1 Å². The number of benzene rings is 2. The number of hydrogen-bond acceptors (Lipinski definition) is 4. The summed E-state index contributed by atoms with van der Waals surface area (Å²) in [7, 11) is 0. The van der Waals surface area contributed by atoms with E-state index in [1.807, 2.05) is 0 Å². The van der Waals surface area contributed by atoms with Gasteiger partial charge in [0.05, 0.1) is 36.2 Å². The van der Waals surface area contributed by atoms with Gasteiger partial charge in [0.15, 0.2) is 11.5 Å². The normalized spacial score (nSPS) is 13.1. The van der Waals surface area contributed by atoms with Crippen molar-refractivity contribution in [3.63, 3.8) is 0 Å². The minimum atomic E-state index is -0.719. The number of carbonyl (C=O) groups is 1. The molecule has 0 saturated heterocycles. The quantitative estimate of drug-likeness (QED) is 0.861. The molecule has 1 amide bonds.